The highest BCUT2D eigenvalue weighted by Crippen LogP contribution is 2.05. The highest BCUT2D eigenvalue weighted by Gasteiger charge is 2.22. The Morgan fingerprint density at radius 1 is 1.47 bits per heavy atom. The highest BCUT2D eigenvalue weighted by atomic mass is 16.2. The molecule has 0 unspecified atom stereocenters. The molecule has 78 valence electrons. The number of nitrogens with zero attached hydrogens (tertiary/aromatic N) is 3. The van der Waals surface area contributed by atoms with Crippen LogP contribution in [0, 0.1) is 0 Å². The van der Waals surface area contributed by atoms with Crippen LogP contribution in [0.25, 0.3) is 0 Å². The number of carbonyl (C=O) groups excluding carboxylic acids is 2. The van der Waals surface area contributed by atoms with Crippen molar-refractivity contribution in [3.8, 4) is 0 Å². The van der Waals surface area contributed by atoms with E-state index in [4.69, 9.17) is 0 Å². The number of aromatic nitrogens is 2. The first kappa shape index (κ1) is 9.57. The number of amides is 3. The molecular weight excluding hydrogens is 196 g/mol. The van der Waals surface area contributed by atoms with Crippen molar-refractivity contribution in [2.24, 2.45) is 0 Å². The van der Waals surface area contributed by atoms with Crippen LogP contribution in [-0.4, -0.2) is 33.6 Å². The molecule has 1 N–H and O–H groups in total. The van der Waals surface area contributed by atoms with E-state index in [9.17, 15) is 9.59 Å². The van der Waals surface area contributed by atoms with E-state index in [2.05, 4.69) is 15.5 Å². The lowest BCUT2D eigenvalue weighted by Gasteiger charge is -2.25. The van der Waals surface area contributed by atoms with Gasteiger partial charge in [-0.25, -0.2) is 4.79 Å². The summed E-state index contributed by atoms with van der Waals surface area (Å²) in [5.74, 6) is -0.226. The van der Waals surface area contributed by atoms with Crippen molar-refractivity contribution >= 4 is 11.9 Å². The Kier molecular flexibility index (Phi) is 2.57. The highest BCUT2D eigenvalue weighted by molar-refractivity contribution is 5.96. The lowest BCUT2D eigenvalue weighted by atomic mass is 10.3. The first-order chi connectivity index (χ1) is 7.25. The van der Waals surface area contributed by atoms with Crippen molar-refractivity contribution in [2.75, 3.05) is 6.54 Å². The number of hydrogen-bond acceptors (Lipinski definition) is 4. The molecule has 0 aromatic carbocycles. The van der Waals surface area contributed by atoms with E-state index in [1.807, 2.05) is 0 Å². The van der Waals surface area contributed by atoms with Crippen LogP contribution in [0.2, 0.25) is 0 Å². The molecule has 3 amide bonds. The predicted molar refractivity (Wildman–Crippen MR) is 50.6 cm³/mol. The van der Waals surface area contributed by atoms with Crippen LogP contribution in [0.3, 0.4) is 0 Å². The minimum absolute atomic E-state index is 0.226. The zero-order valence-corrected chi connectivity index (χ0v) is 8.01. The topological polar surface area (TPSA) is 75.2 Å². The summed E-state index contributed by atoms with van der Waals surface area (Å²) in [6, 6.07) is 3.18. The van der Waals surface area contributed by atoms with Crippen LogP contribution in [0.15, 0.2) is 18.3 Å². The Labute approximate surface area is 86.3 Å². The molecule has 1 aromatic rings. The quantitative estimate of drug-likeness (QED) is 0.734. The van der Waals surface area contributed by atoms with Gasteiger partial charge in [-0.05, 0) is 12.1 Å². The summed E-state index contributed by atoms with van der Waals surface area (Å²) in [5, 5.41) is 9.83. The van der Waals surface area contributed by atoms with Gasteiger partial charge in [0.05, 0.1) is 12.2 Å². The first-order valence-electron chi connectivity index (χ1n) is 4.61. The average Bonchev–Trinajstić information content (AvgIpc) is 2.24. The van der Waals surface area contributed by atoms with Crippen LogP contribution >= 0.6 is 0 Å². The molecule has 0 radical (unpaired) electrons. The summed E-state index contributed by atoms with van der Waals surface area (Å²) in [4.78, 5) is 23.8. The van der Waals surface area contributed by atoms with E-state index in [-0.39, 0.29) is 11.9 Å². The van der Waals surface area contributed by atoms with Gasteiger partial charge < -0.3 is 4.90 Å². The molecule has 1 saturated heterocycles. The van der Waals surface area contributed by atoms with E-state index < -0.39 is 0 Å². The molecule has 1 aliphatic heterocycles. The van der Waals surface area contributed by atoms with Gasteiger partial charge in [0.15, 0.2) is 0 Å². The van der Waals surface area contributed by atoms with Crippen LogP contribution in [0.4, 0.5) is 4.79 Å². The molecular formula is C9H10N4O2. The van der Waals surface area contributed by atoms with Gasteiger partial charge in [0.1, 0.15) is 0 Å². The molecule has 0 aliphatic carbocycles. The Balaban J connectivity index is 2.01. The predicted octanol–water partition coefficient (Wildman–Crippen LogP) is -0.0815. The van der Waals surface area contributed by atoms with Crippen molar-refractivity contribution < 1.29 is 9.59 Å². The second-order valence-corrected chi connectivity index (χ2v) is 3.24. The summed E-state index contributed by atoms with van der Waals surface area (Å²) in [6.07, 6.45) is 1.91. The lowest BCUT2D eigenvalue weighted by molar-refractivity contribution is -0.121. The van der Waals surface area contributed by atoms with Crippen LogP contribution in [0.5, 0.6) is 0 Å². The summed E-state index contributed by atoms with van der Waals surface area (Å²) in [5.41, 5.74) is 0.710. The van der Waals surface area contributed by atoms with E-state index >= 15 is 0 Å². The van der Waals surface area contributed by atoms with E-state index in [0.29, 0.717) is 25.2 Å². The number of urea groups is 1. The van der Waals surface area contributed by atoms with E-state index in [1.165, 1.54) is 4.90 Å². The number of carbonyl (C=O) groups is 2. The lowest BCUT2D eigenvalue weighted by Crippen LogP contribution is -2.48. The minimum Gasteiger partial charge on any atom is -0.318 e. The van der Waals surface area contributed by atoms with Crippen LogP contribution in [-0.2, 0) is 11.3 Å². The first-order valence-corrected chi connectivity index (χ1v) is 4.61. The third kappa shape index (κ3) is 2.28. The SMILES string of the molecule is O=C1CCN(Cc2cccnn2)C(=O)N1. The fraction of sp³-hybridized carbons (Fsp3) is 0.333. The third-order valence-electron chi connectivity index (χ3n) is 2.12. The fourth-order valence-electron chi connectivity index (χ4n) is 1.36. The summed E-state index contributed by atoms with van der Waals surface area (Å²) >= 11 is 0. The van der Waals surface area contributed by atoms with Gasteiger partial charge in [-0.15, -0.1) is 0 Å². The molecule has 6 heteroatoms. The number of imide groups is 1. The Morgan fingerprint density at radius 3 is 3.00 bits per heavy atom. The Bertz CT molecular complexity index is 379. The third-order valence-corrected chi connectivity index (χ3v) is 2.12. The molecule has 1 aromatic heterocycles. The number of hydrogen-bond donors (Lipinski definition) is 1. The van der Waals surface area contributed by atoms with Gasteiger partial charge in [0.25, 0.3) is 0 Å². The second-order valence-electron chi connectivity index (χ2n) is 3.24. The summed E-state index contributed by atoms with van der Waals surface area (Å²) < 4.78 is 0. The Morgan fingerprint density at radius 2 is 2.33 bits per heavy atom. The monoisotopic (exact) mass is 206 g/mol. The maximum atomic E-state index is 11.4. The largest absolute Gasteiger partial charge is 0.324 e. The van der Waals surface area contributed by atoms with Crippen molar-refractivity contribution in [1.82, 2.24) is 20.4 Å². The van der Waals surface area contributed by atoms with Gasteiger partial charge >= 0.3 is 6.03 Å². The molecule has 2 rings (SSSR count). The van der Waals surface area contributed by atoms with Crippen LogP contribution < -0.4 is 5.32 Å². The molecule has 0 spiro atoms. The normalized spacial score (nSPS) is 16.4. The van der Waals surface area contributed by atoms with E-state index in [1.54, 1.807) is 18.3 Å². The zero-order valence-electron chi connectivity index (χ0n) is 8.01. The fourth-order valence-corrected chi connectivity index (χ4v) is 1.36. The molecule has 0 bridgehead atoms. The van der Waals surface area contributed by atoms with Gasteiger partial charge in [-0.1, -0.05) is 0 Å². The van der Waals surface area contributed by atoms with E-state index in [0.717, 1.165) is 0 Å². The van der Waals surface area contributed by atoms with Gasteiger partial charge in [0.2, 0.25) is 5.91 Å². The molecule has 0 atom stereocenters. The smallest absolute Gasteiger partial charge is 0.318 e. The molecule has 1 aliphatic rings. The van der Waals surface area contributed by atoms with Crippen molar-refractivity contribution in [3.05, 3.63) is 24.0 Å². The summed E-state index contributed by atoms with van der Waals surface area (Å²) in [7, 11) is 0. The molecule has 0 saturated carbocycles. The molecule has 6 nitrogen and oxygen atoms in total. The average molecular weight is 206 g/mol. The number of rotatable bonds is 2. The second kappa shape index (κ2) is 4.04. The molecule has 2 heterocycles. The maximum absolute atomic E-state index is 11.4. The molecule has 15 heavy (non-hydrogen) atoms. The van der Waals surface area contributed by atoms with Crippen molar-refractivity contribution in [3.63, 3.8) is 0 Å². The summed E-state index contributed by atoms with van der Waals surface area (Å²) in [6.45, 7) is 0.814. The standard InChI is InChI=1S/C9H10N4O2/c14-8-3-5-13(9(15)11-8)6-7-2-1-4-10-12-7/h1-2,4H,3,5-6H2,(H,11,14,15). The van der Waals surface area contributed by atoms with Gasteiger partial charge in [-0.3, -0.25) is 10.1 Å². The van der Waals surface area contributed by atoms with Gasteiger partial charge in [-0.2, -0.15) is 10.2 Å². The minimum atomic E-state index is -0.364. The van der Waals surface area contributed by atoms with Crippen molar-refractivity contribution in [2.45, 2.75) is 13.0 Å². The number of nitrogens with one attached hydrogen (secondary N) is 1. The van der Waals surface area contributed by atoms with Crippen LogP contribution in [0.1, 0.15) is 12.1 Å². The van der Waals surface area contributed by atoms with Crippen molar-refractivity contribution in [1.29, 1.82) is 0 Å². The molecule has 1 fully saturated rings. The maximum Gasteiger partial charge on any atom is 0.324 e. The zero-order chi connectivity index (χ0) is 10.7. The van der Waals surface area contributed by atoms with Gasteiger partial charge in [0, 0.05) is 19.2 Å². The Hall–Kier alpha value is -1.98.